The monoisotopic (exact) mass is 284 g/mol. The van der Waals surface area contributed by atoms with Crippen LogP contribution in [-0.4, -0.2) is 33.7 Å². The molecule has 1 N–H and O–H groups in total. The van der Waals surface area contributed by atoms with Crippen LogP contribution in [0.4, 0.5) is 5.69 Å². The van der Waals surface area contributed by atoms with Crippen molar-refractivity contribution in [3.63, 3.8) is 0 Å². The lowest BCUT2D eigenvalue weighted by Gasteiger charge is -2.22. The van der Waals surface area contributed by atoms with E-state index in [0.717, 1.165) is 21.7 Å². The van der Waals surface area contributed by atoms with Crippen LogP contribution in [0, 0.1) is 13.8 Å². The van der Waals surface area contributed by atoms with Crippen LogP contribution < -0.4 is 9.62 Å². The van der Waals surface area contributed by atoms with Gasteiger partial charge < -0.3 is 5.32 Å². The number of carbonyl (C=O) groups is 1. The molecule has 0 spiro atoms. The predicted octanol–water partition coefficient (Wildman–Crippen LogP) is 1.21. The van der Waals surface area contributed by atoms with Gasteiger partial charge in [0.05, 0.1) is 11.9 Å². The Morgan fingerprint density at radius 1 is 1.21 bits per heavy atom. The maximum atomic E-state index is 11.8. The second kappa shape index (κ2) is 6.06. The molecule has 1 aromatic carbocycles. The van der Waals surface area contributed by atoms with Gasteiger partial charge in [-0.1, -0.05) is 6.07 Å². The molecule has 0 bridgehead atoms. The van der Waals surface area contributed by atoms with E-state index >= 15 is 0 Å². The molecule has 0 aliphatic carbocycles. The second-order valence-corrected chi connectivity index (χ2v) is 6.48. The van der Waals surface area contributed by atoms with E-state index in [1.807, 2.05) is 19.9 Å². The number of aryl methyl sites for hydroxylation is 2. The quantitative estimate of drug-likeness (QED) is 0.883. The van der Waals surface area contributed by atoms with E-state index in [9.17, 15) is 13.2 Å². The first-order chi connectivity index (χ1) is 8.74. The number of benzene rings is 1. The van der Waals surface area contributed by atoms with Crippen molar-refractivity contribution in [3.05, 3.63) is 29.3 Å². The molecule has 0 aliphatic heterocycles. The lowest BCUT2D eigenvalue weighted by atomic mass is 10.1. The number of nitrogens with one attached hydrogen (secondary N) is 1. The molecule has 1 aromatic rings. The summed E-state index contributed by atoms with van der Waals surface area (Å²) in [5, 5.41) is 2.60. The fourth-order valence-electron chi connectivity index (χ4n) is 1.88. The molecular weight excluding hydrogens is 264 g/mol. The fourth-order valence-corrected chi connectivity index (χ4v) is 2.72. The zero-order chi connectivity index (χ0) is 14.6. The standard InChI is InChI=1S/C13H20N2O3S/c1-5-14-13(16)9-15(19(4,17)18)12-7-10(2)6-11(3)8-12/h6-8H,5,9H2,1-4H3,(H,14,16). The third kappa shape index (κ3) is 4.55. The molecule has 0 fully saturated rings. The van der Waals surface area contributed by atoms with Gasteiger partial charge >= 0.3 is 0 Å². The molecule has 6 heteroatoms. The molecular formula is C13H20N2O3S. The maximum Gasteiger partial charge on any atom is 0.240 e. The molecule has 106 valence electrons. The van der Waals surface area contributed by atoms with Crippen molar-refractivity contribution in [2.75, 3.05) is 23.7 Å². The summed E-state index contributed by atoms with van der Waals surface area (Å²) in [5.41, 5.74) is 2.44. The number of nitrogens with zero attached hydrogens (tertiary/aromatic N) is 1. The van der Waals surface area contributed by atoms with Gasteiger partial charge in [-0.15, -0.1) is 0 Å². The number of hydrogen-bond donors (Lipinski definition) is 1. The smallest absolute Gasteiger partial charge is 0.240 e. The molecule has 1 rings (SSSR count). The zero-order valence-electron chi connectivity index (χ0n) is 11.7. The lowest BCUT2D eigenvalue weighted by molar-refractivity contribution is -0.119. The Balaban J connectivity index is 3.14. The number of rotatable bonds is 5. The minimum absolute atomic E-state index is 0.199. The largest absolute Gasteiger partial charge is 0.355 e. The number of sulfonamides is 1. The van der Waals surface area contributed by atoms with Gasteiger partial charge in [0.25, 0.3) is 0 Å². The Morgan fingerprint density at radius 3 is 2.16 bits per heavy atom. The van der Waals surface area contributed by atoms with Crippen LogP contribution in [0.1, 0.15) is 18.1 Å². The van der Waals surface area contributed by atoms with Crippen molar-refractivity contribution < 1.29 is 13.2 Å². The molecule has 19 heavy (non-hydrogen) atoms. The van der Waals surface area contributed by atoms with Gasteiger partial charge in [-0.3, -0.25) is 9.10 Å². The highest BCUT2D eigenvalue weighted by Crippen LogP contribution is 2.20. The Kier molecular flexibility index (Phi) is 4.94. The molecule has 0 saturated heterocycles. The van der Waals surface area contributed by atoms with E-state index in [1.54, 1.807) is 19.1 Å². The van der Waals surface area contributed by atoms with E-state index in [1.165, 1.54) is 0 Å². The minimum atomic E-state index is -3.49. The van der Waals surface area contributed by atoms with Gasteiger partial charge in [0.15, 0.2) is 0 Å². The van der Waals surface area contributed by atoms with Crippen LogP contribution in [0.25, 0.3) is 0 Å². The minimum Gasteiger partial charge on any atom is -0.355 e. The summed E-state index contributed by atoms with van der Waals surface area (Å²) in [5.74, 6) is -0.313. The molecule has 0 aliphatic rings. The zero-order valence-corrected chi connectivity index (χ0v) is 12.5. The van der Waals surface area contributed by atoms with Crippen LogP contribution in [-0.2, 0) is 14.8 Å². The van der Waals surface area contributed by atoms with Crippen LogP contribution in [0.3, 0.4) is 0 Å². The Bertz CT molecular complexity index is 547. The van der Waals surface area contributed by atoms with Crippen LogP contribution in [0.2, 0.25) is 0 Å². The average Bonchev–Trinajstić information content (AvgIpc) is 2.23. The number of carbonyl (C=O) groups excluding carboxylic acids is 1. The van der Waals surface area contributed by atoms with E-state index in [2.05, 4.69) is 5.32 Å². The third-order valence-corrected chi connectivity index (χ3v) is 3.70. The number of likely N-dealkylation sites (N-methyl/N-ethyl adjacent to an activating group) is 1. The van der Waals surface area contributed by atoms with Crippen LogP contribution >= 0.6 is 0 Å². The summed E-state index contributed by atoms with van der Waals surface area (Å²) in [4.78, 5) is 11.6. The van der Waals surface area contributed by atoms with Gasteiger partial charge in [0.1, 0.15) is 6.54 Å². The number of amides is 1. The molecule has 0 unspecified atom stereocenters. The summed E-state index contributed by atoms with van der Waals surface area (Å²) < 4.78 is 24.8. The van der Waals surface area contributed by atoms with Crippen molar-refractivity contribution in [2.24, 2.45) is 0 Å². The maximum absolute atomic E-state index is 11.8. The second-order valence-electron chi connectivity index (χ2n) is 4.57. The SMILES string of the molecule is CCNC(=O)CN(c1cc(C)cc(C)c1)S(C)(=O)=O. The Hall–Kier alpha value is -1.56. The average molecular weight is 284 g/mol. The van der Waals surface area contributed by atoms with Crippen molar-refractivity contribution in [1.82, 2.24) is 5.32 Å². The highest BCUT2D eigenvalue weighted by atomic mass is 32.2. The number of anilines is 1. The van der Waals surface area contributed by atoms with E-state index < -0.39 is 10.0 Å². The molecule has 0 saturated carbocycles. The molecule has 1 amide bonds. The Morgan fingerprint density at radius 2 is 1.74 bits per heavy atom. The van der Waals surface area contributed by atoms with Crippen molar-refractivity contribution >= 4 is 21.6 Å². The molecule has 0 atom stereocenters. The summed E-state index contributed by atoms with van der Waals surface area (Å²) in [7, 11) is -3.49. The van der Waals surface area contributed by atoms with E-state index in [4.69, 9.17) is 0 Å². The van der Waals surface area contributed by atoms with Crippen molar-refractivity contribution in [3.8, 4) is 0 Å². The fraction of sp³-hybridized carbons (Fsp3) is 0.462. The van der Waals surface area contributed by atoms with Crippen molar-refractivity contribution in [2.45, 2.75) is 20.8 Å². The molecule has 5 nitrogen and oxygen atoms in total. The first kappa shape index (κ1) is 15.5. The molecule has 0 aromatic heterocycles. The topological polar surface area (TPSA) is 66.5 Å². The van der Waals surface area contributed by atoms with Gasteiger partial charge in [-0.25, -0.2) is 8.42 Å². The van der Waals surface area contributed by atoms with E-state index in [0.29, 0.717) is 12.2 Å². The highest BCUT2D eigenvalue weighted by molar-refractivity contribution is 7.92. The number of hydrogen-bond acceptors (Lipinski definition) is 3. The van der Waals surface area contributed by atoms with Crippen LogP contribution in [0.5, 0.6) is 0 Å². The van der Waals surface area contributed by atoms with Crippen LogP contribution in [0.15, 0.2) is 18.2 Å². The lowest BCUT2D eigenvalue weighted by Crippen LogP contribution is -2.40. The first-order valence-electron chi connectivity index (χ1n) is 6.06. The third-order valence-electron chi connectivity index (χ3n) is 2.56. The van der Waals surface area contributed by atoms with Gasteiger partial charge in [0, 0.05) is 6.54 Å². The predicted molar refractivity (Wildman–Crippen MR) is 76.8 cm³/mol. The van der Waals surface area contributed by atoms with Gasteiger partial charge in [-0.2, -0.15) is 0 Å². The molecule has 0 heterocycles. The van der Waals surface area contributed by atoms with Gasteiger partial charge in [-0.05, 0) is 44.0 Å². The normalized spacial score (nSPS) is 11.2. The van der Waals surface area contributed by atoms with E-state index in [-0.39, 0.29) is 12.5 Å². The highest BCUT2D eigenvalue weighted by Gasteiger charge is 2.20. The summed E-state index contributed by atoms with van der Waals surface area (Å²) in [6.07, 6.45) is 1.10. The summed E-state index contributed by atoms with van der Waals surface area (Å²) >= 11 is 0. The van der Waals surface area contributed by atoms with Gasteiger partial charge in [0.2, 0.25) is 15.9 Å². The summed E-state index contributed by atoms with van der Waals surface area (Å²) in [6, 6.07) is 5.47. The Labute approximate surface area is 114 Å². The summed E-state index contributed by atoms with van der Waals surface area (Å²) in [6.45, 7) is 5.85. The molecule has 0 radical (unpaired) electrons. The first-order valence-corrected chi connectivity index (χ1v) is 7.91. The van der Waals surface area contributed by atoms with Crippen molar-refractivity contribution in [1.29, 1.82) is 0 Å².